The molecule has 0 spiro atoms. The van der Waals surface area contributed by atoms with E-state index in [2.05, 4.69) is 6.26 Å². The lowest BCUT2D eigenvalue weighted by molar-refractivity contribution is 0.184. The van der Waals surface area contributed by atoms with Crippen LogP contribution in [0, 0.1) is 0 Å². The minimum atomic E-state index is -0.143. The second kappa shape index (κ2) is 2.90. The summed E-state index contributed by atoms with van der Waals surface area (Å²) in [7, 11) is 0.259. The van der Waals surface area contributed by atoms with Gasteiger partial charge in [-0.25, -0.2) is 0 Å². The summed E-state index contributed by atoms with van der Waals surface area (Å²) in [5, 5.41) is 18.2. The molecular weight excluding hydrogens is 136 g/mol. The van der Waals surface area contributed by atoms with Gasteiger partial charge in [0.25, 0.3) is 0 Å². The highest BCUT2D eigenvalue weighted by Crippen LogP contribution is 2.19. The number of rotatable bonds is 1. The molecule has 9 heavy (non-hydrogen) atoms. The van der Waals surface area contributed by atoms with Gasteiger partial charge in [-0.15, -0.1) is 0 Å². The van der Waals surface area contributed by atoms with Crippen LogP contribution in [0.25, 0.3) is 0 Å². The summed E-state index contributed by atoms with van der Waals surface area (Å²) in [6.07, 6.45) is 2.77. The Morgan fingerprint density at radius 1 is 1.67 bits per heavy atom. The monoisotopic (exact) mass is 149 g/mol. The van der Waals surface area contributed by atoms with Crippen molar-refractivity contribution in [3.63, 3.8) is 0 Å². The summed E-state index contributed by atoms with van der Waals surface area (Å²) in [5.41, 5.74) is 0. The molecule has 0 aliphatic carbocycles. The Labute approximate surface area is 58.2 Å². The van der Waals surface area contributed by atoms with Crippen LogP contribution >= 0.6 is 0 Å². The average Bonchev–Trinajstić information content (AvgIpc) is 2.10. The summed E-state index contributed by atoms with van der Waals surface area (Å²) < 4.78 is 0. The number of aliphatic hydroxyl groups excluding tert-OH is 2. The van der Waals surface area contributed by atoms with Gasteiger partial charge in [0.05, 0.1) is 12.9 Å². The summed E-state index contributed by atoms with van der Waals surface area (Å²) in [4.78, 5) is 0. The maximum absolute atomic E-state index is 9.10. The summed E-state index contributed by atoms with van der Waals surface area (Å²) in [6, 6.07) is 0. The molecule has 0 aromatic rings. The van der Waals surface area contributed by atoms with Crippen LogP contribution in [0.1, 0.15) is 6.42 Å². The van der Waals surface area contributed by atoms with E-state index < -0.39 is 0 Å². The van der Waals surface area contributed by atoms with E-state index in [1.807, 2.05) is 0 Å². The fourth-order valence-electron chi connectivity index (χ4n) is 1.18. The molecule has 1 fully saturated rings. The van der Waals surface area contributed by atoms with Crippen LogP contribution in [-0.4, -0.2) is 40.2 Å². The quantitative estimate of drug-likeness (QED) is 0.487. The van der Waals surface area contributed by atoms with Crippen molar-refractivity contribution in [2.24, 2.45) is 0 Å². The fourth-order valence-corrected chi connectivity index (χ4v) is 3.00. The molecule has 2 nitrogen and oxygen atoms in total. The molecule has 1 saturated heterocycles. The van der Waals surface area contributed by atoms with Gasteiger partial charge in [-0.3, -0.25) is 0 Å². The zero-order chi connectivity index (χ0) is 6.85. The summed E-state index contributed by atoms with van der Waals surface area (Å²) >= 11 is 0. The summed E-state index contributed by atoms with van der Waals surface area (Å²) in [6.45, 7) is 0.247. The van der Waals surface area contributed by atoms with Gasteiger partial charge in [-0.2, -0.15) is 0 Å². The lowest BCUT2D eigenvalue weighted by Crippen LogP contribution is -2.18. The van der Waals surface area contributed by atoms with Gasteiger partial charge in [0, 0.05) is 6.42 Å². The molecule has 3 atom stereocenters. The van der Waals surface area contributed by atoms with Crippen LogP contribution in [0.2, 0.25) is 0 Å². The first-order valence-electron chi connectivity index (χ1n) is 3.14. The normalized spacial score (nSPS) is 43.7. The highest BCUT2D eigenvalue weighted by atomic mass is 32.2. The predicted octanol–water partition coefficient (Wildman–Crippen LogP) is -0.640. The standard InChI is InChI=1S/C6H13O2S/c1-9-4-5(8)2-6(9)3-7/h5-8H,2-4H2,1H3/q+1. The van der Waals surface area contributed by atoms with E-state index in [0.717, 1.165) is 12.2 Å². The van der Waals surface area contributed by atoms with Crippen molar-refractivity contribution in [2.75, 3.05) is 18.6 Å². The molecule has 54 valence electrons. The SMILES string of the molecule is C[S+]1CC(O)CC1CO. The predicted molar refractivity (Wildman–Crippen MR) is 39.7 cm³/mol. The molecule has 0 radical (unpaired) electrons. The van der Waals surface area contributed by atoms with E-state index in [-0.39, 0.29) is 23.6 Å². The van der Waals surface area contributed by atoms with Gasteiger partial charge in [0.2, 0.25) is 0 Å². The third-order valence-electron chi connectivity index (χ3n) is 1.76. The molecule has 1 heterocycles. The molecule has 3 heteroatoms. The topological polar surface area (TPSA) is 40.5 Å². The van der Waals surface area contributed by atoms with Crippen LogP contribution in [0.4, 0.5) is 0 Å². The number of hydrogen-bond donors (Lipinski definition) is 2. The molecule has 2 N–H and O–H groups in total. The van der Waals surface area contributed by atoms with Crippen LogP contribution in [0.15, 0.2) is 0 Å². The smallest absolute Gasteiger partial charge is 0.143 e. The first kappa shape index (κ1) is 7.38. The molecule has 0 aromatic carbocycles. The van der Waals surface area contributed by atoms with E-state index in [4.69, 9.17) is 10.2 Å². The minimum Gasteiger partial charge on any atom is -0.391 e. The van der Waals surface area contributed by atoms with Crippen molar-refractivity contribution in [3.05, 3.63) is 0 Å². The van der Waals surface area contributed by atoms with Gasteiger partial charge >= 0.3 is 0 Å². The number of aliphatic hydroxyl groups is 2. The van der Waals surface area contributed by atoms with Crippen LogP contribution < -0.4 is 0 Å². The lowest BCUT2D eigenvalue weighted by atomic mass is 10.2. The van der Waals surface area contributed by atoms with Crippen molar-refractivity contribution in [2.45, 2.75) is 17.8 Å². The Kier molecular flexibility index (Phi) is 2.38. The average molecular weight is 149 g/mol. The van der Waals surface area contributed by atoms with E-state index in [1.54, 1.807) is 0 Å². The van der Waals surface area contributed by atoms with E-state index >= 15 is 0 Å². The van der Waals surface area contributed by atoms with Crippen molar-refractivity contribution < 1.29 is 10.2 Å². The summed E-state index contributed by atoms with van der Waals surface area (Å²) in [5.74, 6) is 0.894. The van der Waals surface area contributed by atoms with E-state index in [9.17, 15) is 0 Å². The maximum Gasteiger partial charge on any atom is 0.143 e. The highest BCUT2D eigenvalue weighted by Gasteiger charge is 2.37. The Morgan fingerprint density at radius 3 is 2.56 bits per heavy atom. The second-order valence-corrected chi connectivity index (χ2v) is 4.93. The molecule has 0 amide bonds. The van der Waals surface area contributed by atoms with Crippen LogP contribution in [0.5, 0.6) is 0 Å². The van der Waals surface area contributed by atoms with Gasteiger partial charge in [-0.05, 0) is 10.9 Å². The Balaban J connectivity index is 2.38. The number of hydrogen-bond acceptors (Lipinski definition) is 2. The molecule has 3 unspecified atom stereocenters. The molecular formula is C6H13O2S+. The van der Waals surface area contributed by atoms with Crippen LogP contribution in [0.3, 0.4) is 0 Å². The maximum atomic E-state index is 9.10. The second-order valence-electron chi connectivity index (χ2n) is 2.55. The zero-order valence-electron chi connectivity index (χ0n) is 5.58. The Hall–Kier alpha value is 0.270. The van der Waals surface area contributed by atoms with Crippen LogP contribution in [-0.2, 0) is 10.9 Å². The van der Waals surface area contributed by atoms with Gasteiger partial charge in [0.1, 0.15) is 17.1 Å². The molecule has 1 rings (SSSR count). The van der Waals surface area contributed by atoms with Crippen molar-refractivity contribution in [1.82, 2.24) is 0 Å². The molecule has 0 aromatic heterocycles. The first-order chi connectivity index (χ1) is 4.24. The van der Waals surface area contributed by atoms with Crippen molar-refractivity contribution in [1.29, 1.82) is 0 Å². The van der Waals surface area contributed by atoms with Gasteiger partial charge < -0.3 is 10.2 Å². The van der Waals surface area contributed by atoms with E-state index in [1.165, 1.54) is 0 Å². The fraction of sp³-hybridized carbons (Fsp3) is 1.00. The third kappa shape index (κ3) is 1.60. The van der Waals surface area contributed by atoms with Crippen molar-refractivity contribution >= 4 is 10.9 Å². The largest absolute Gasteiger partial charge is 0.391 e. The Bertz CT molecular complexity index is 97.1. The molecule has 0 bridgehead atoms. The van der Waals surface area contributed by atoms with Gasteiger partial charge in [0.15, 0.2) is 0 Å². The highest BCUT2D eigenvalue weighted by molar-refractivity contribution is 7.97. The molecule has 0 saturated carbocycles. The van der Waals surface area contributed by atoms with E-state index in [0.29, 0.717) is 5.25 Å². The lowest BCUT2D eigenvalue weighted by Gasteiger charge is -2.00. The van der Waals surface area contributed by atoms with Crippen molar-refractivity contribution in [3.8, 4) is 0 Å². The first-order valence-corrected chi connectivity index (χ1v) is 5.01. The van der Waals surface area contributed by atoms with Gasteiger partial charge in [-0.1, -0.05) is 0 Å². The molecule has 1 aliphatic heterocycles. The third-order valence-corrected chi connectivity index (χ3v) is 4.15. The zero-order valence-corrected chi connectivity index (χ0v) is 6.40. The minimum absolute atomic E-state index is 0.143. The molecule has 1 aliphatic rings. The Morgan fingerprint density at radius 2 is 2.33 bits per heavy atom.